The molecule has 77 valence electrons. The van der Waals surface area contributed by atoms with Gasteiger partial charge < -0.3 is 5.11 Å². The van der Waals surface area contributed by atoms with Crippen LogP contribution in [0.5, 0.6) is 0 Å². The van der Waals surface area contributed by atoms with E-state index in [2.05, 4.69) is 11.1 Å². The molecule has 0 spiro atoms. The quantitative estimate of drug-likeness (QED) is 0.840. The molecule has 1 radical (unpaired) electrons. The first-order chi connectivity index (χ1) is 7.07. The van der Waals surface area contributed by atoms with Crippen LogP contribution in [0.15, 0.2) is 29.6 Å². The number of aliphatic hydroxyl groups is 1. The molecule has 0 amide bonds. The minimum Gasteiger partial charge on any atom is -0.384 e. The number of rotatable bonds is 2. The number of hydrogen-bond donors (Lipinski definition) is 1. The van der Waals surface area contributed by atoms with E-state index in [4.69, 9.17) is 0 Å². The highest BCUT2D eigenvalue weighted by Crippen LogP contribution is 2.28. The Morgan fingerprint density at radius 3 is 2.53 bits per heavy atom. The van der Waals surface area contributed by atoms with E-state index < -0.39 is 5.60 Å². The second-order valence-corrected chi connectivity index (χ2v) is 4.74. The van der Waals surface area contributed by atoms with Crippen LogP contribution >= 0.6 is 11.3 Å². The predicted molar refractivity (Wildman–Crippen MR) is 61.6 cm³/mol. The van der Waals surface area contributed by atoms with Crippen molar-refractivity contribution >= 4 is 11.3 Å². The number of aromatic nitrogens is 1. The number of benzene rings is 1. The van der Waals surface area contributed by atoms with Crippen molar-refractivity contribution in [2.24, 2.45) is 0 Å². The van der Waals surface area contributed by atoms with Crippen molar-refractivity contribution in [3.63, 3.8) is 0 Å². The highest BCUT2D eigenvalue weighted by Gasteiger charge is 2.19. The van der Waals surface area contributed by atoms with Crippen LogP contribution in [0.1, 0.15) is 19.5 Å². The van der Waals surface area contributed by atoms with E-state index in [0.29, 0.717) is 0 Å². The summed E-state index contributed by atoms with van der Waals surface area (Å²) < 4.78 is 0. The second-order valence-electron chi connectivity index (χ2n) is 3.89. The Balaban J connectivity index is 2.37. The van der Waals surface area contributed by atoms with Gasteiger partial charge in [0.25, 0.3) is 0 Å². The van der Waals surface area contributed by atoms with Gasteiger partial charge in [-0.2, -0.15) is 0 Å². The lowest BCUT2D eigenvalue weighted by atomic mass is 10.1. The minimum atomic E-state index is -0.865. The monoisotopic (exact) mass is 218 g/mol. The van der Waals surface area contributed by atoms with Crippen LogP contribution in [0.3, 0.4) is 0 Å². The Kier molecular flexibility index (Phi) is 2.59. The Morgan fingerprint density at radius 2 is 2.00 bits per heavy atom. The van der Waals surface area contributed by atoms with Gasteiger partial charge in [-0.05, 0) is 19.9 Å². The Morgan fingerprint density at radius 1 is 1.33 bits per heavy atom. The predicted octanol–water partition coefficient (Wildman–Crippen LogP) is 2.84. The first-order valence-electron chi connectivity index (χ1n) is 4.72. The number of nitrogens with zero attached hydrogens (tertiary/aromatic N) is 1. The van der Waals surface area contributed by atoms with Crippen LogP contribution in [0, 0.1) is 6.07 Å². The fraction of sp³-hybridized carbons (Fsp3) is 0.250. The summed E-state index contributed by atoms with van der Waals surface area (Å²) in [7, 11) is 0. The zero-order chi connectivity index (χ0) is 10.9. The summed E-state index contributed by atoms with van der Waals surface area (Å²) >= 11 is 1.54. The van der Waals surface area contributed by atoms with E-state index in [0.717, 1.165) is 16.3 Å². The van der Waals surface area contributed by atoms with Gasteiger partial charge in [-0.1, -0.05) is 24.3 Å². The maximum atomic E-state index is 9.79. The molecule has 0 aliphatic heterocycles. The van der Waals surface area contributed by atoms with Crippen LogP contribution < -0.4 is 0 Å². The van der Waals surface area contributed by atoms with Crippen molar-refractivity contribution in [2.75, 3.05) is 0 Å². The molecule has 3 heteroatoms. The van der Waals surface area contributed by atoms with E-state index in [9.17, 15) is 5.11 Å². The van der Waals surface area contributed by atoms with E-state index in [-0.39, 0.29) is 0 Å². The number of thiazole rings is 1. The average molecular weight is 218 g/mol. The highest BCUT2D eigenvalue weighted by molar-refractivity contribution is 7.13. The lowest BCUT2D eigenvalue weighted by molar-refractivity contribution is 0.0746. The van der Waals surface area contributed by atoms with Crippen LogP contribution in [0.4, 0.5) is 0 Å². The molecule has 1 N–H and O–H groups in total. The summed E-state index contributed by atoms with van der Waals surface area (Å²) in [5.74, 6) is 0. The molecule has 0 bridgehead atoms. The molecular formula is C12H12NOS. The molecule has 0 fully saturated rings. The normalized spacial score (nSPS) is 11.7. The third kappa shape index (κ3) is 2.25. The average Bonchev–Trinajstić information content (AvgIpc) is 2.67. The van der Waals surface area contributed by atoms with Gasteiger partial charge in [-0.3, -0.25) is 0 Å². The summed E-state index contributed by atoms with van der Waals surface area (Å²) in [5, 5.41) is 12.6. The standard InChI is InChI=1S/C12H12NOS/c1-12(2,14)10-8-15-11(13-10)9-6-4-3-5-7-9/h4-8,14H,1-2H3. The largest absolute Gasteiger partial charge is 0.384 e. The maximum Gasteiger partial charge on any atom is 0.123 e. The van der Waals surface area contributed by atoms with Gasteiger partial charge in [-0.25, -0.2) is 4.98 Å². The molecule has 2 rings (SSSR count). The molecule has 0 atom stereocenters. The van der Waals surface area contributed by atoms with Crippen molar-refractivity contribution < 1.29 is 5.11 Å². The van der Waals surface area contributed by atoms with Gasteiger partial charge >= 0.3 is 0 Å². The van der Waals surface area contributed by atoms with Crippen molar-refractivity contribution in [3.05, 3.63) is 41.4 Å². The summed E-state index contributed by atoms with van der Waals surface area (Å²) in [6.07, 6.45) is 0. The SMILES string of the molecule is CC(C)(O)c1csc(-c2cc[c]cc2)n1. The zero-order valence-electron chi connectivity index (χ0n) is 8.69. The van der Waals surface area contributed by atoms with Gasteiger partial charge in [0.15, 0.2) is 0 Å². The van der Waals surface area contributed by atoms with Crippen molar-refractivity contribution in [3.8, 4) is 10.6 Å². The van der Waals surface area contributed by atoms with Crippen molar-refractivity contribution in [1.29, 1.82) is 0 Å². The molecule has 0 aliphatic rings. The maximum absolute atomic E-state index is 9.79. The molecule has 0 saturated carbocycles. The molecule has 1 heterocycles. The lowest BCUT2D eigenvalue weighted by Crippen LogP contribution is -2.15. The molecule has 0 unspecified atom stereocenters. The second kappa shape index (κ2) is 3.76. The molecule has 2 aromatic rings. The lowest BCUT2D eigenvalue weighted by Gasteiger charge is -2.12. The molecule has 1 aromatic carbocycles. The smallest absolute Gasteiger partial charge is 0.123 e. The van der Waals surface area contributed by atoms with E-state index in [1.54, 1.807) is 25.2 Å². The fourth-order valence-corrected chi connectivity index (χ4v) is 2.20. The summed E-state index contributed by atoms with van der Waals surface area (Å²) in [6.45, 7) is 3.48. The zero-order valence-corrected chi connectivity index (χ0v) is 9.51. The van der Waals surface area contributed by atoms with Gasteiger partial charge in [-0.15, -0.1) is 11.3 Å². The summed E-state index contributed by atoms with van der Waals surface area (Å²) in [5.41, 5.74) is 0.917. The molecular weight excluding hydrogens is 206 g/mol. The molecule has 0 saturated heterocycles. The molecule has 1 aromatic heterocycles. The first-order valence-corrected chi connectivity index (χ1v) is 5.60. The third-order valence-corrected chi connectivity index (χ3v) is 2.99. The fourth-order valence-electron chi connectivity index (χ4n) is 1.22. The van der Waals surface area contributed by atoms with Crippen molar-refractivity contribution in [1.82, 2.24) is 4.98 Å². The van der Waals surface area contributed by atoms with Crippen LogP contribution in [-0.2, 0) is 5.60 Å². The molecule has 2 nitrogen and oxygen atoms in total. The van der Waals surface area contributed by atoms with Crippen LogP contribution in [0.25, 0.3) is 10.6 Å². The summed E-state index contributed by atoms with van der Waals surface area (Å²) in [4.78, 5) is 4.41. The van der Waals surface area contributed by atoms with E-state index >= 15 is 0 Å². The topological polar surface area (TPSA) is 33.1 Å². The molecule has 0 aliphatic carbocycles. The Hall–Kier alpha value is -1.19. The Labute approximate surface area is 93.2 Å². The van der Waals surface area contributed by atoms with Crippen LogP contribution in [-0.4, -0.2) is 10.1 Å². The van der Waals surface area contributed by atoms with Crippen LogP contribution in [0.2, 0.25) is 0 Å². The number of hydrogen-bond acceptors (Lipinski definition) is 3. The minimum absolute atomic E-state index is 0.718. The molecule has 15 heavy (non-hydrogen) atoms. The van der Waals surface area contributed by atoms with E-state index in [1.165, 1.54) is 0 Å². The first kappa shape index (κ1) is 10.3. The third-order valence-electron chi connectivity index (χ3n) is 2.10. The van der Waals surface area contributed by atoms with Crippen molar-refractivity contribution in [2.45, 2.75) is 19.4 Å². The highest BCUT2D eigenvalue weighted by atomic mass is 32.1. The van der Waals surface area contributed by atoms with Gasteiger partial charge in [0.1, 0.15) is 10.6 Å². The van der Waals surface area contributed by atoms with Gasteiger partial charge in [0.2, 0.25) is 0 Å². The van der Waals surface area contributed by atoms with Gasteiger partial charge in [0, 0.05) is 10.9 Å². The van der Waals surface area contributed by atoms with Gasteiger partial charge in [0.05, 0.1) is 5.69 Å². The van der Waals surface area contributed by atoms with E-state index in [1.807, 2.05) is 29.6 Å². The Bertz CT molecular complexity index is 442. The summed E-state index contributed by atoms with van der Waals surface area (Å²) in [6, 6.07) is 10.6.